The molecule has 1 aromatic carbocycles. The molecule has 1 heterocycles. The lowest BCUT2D eigenvalue weighted by Gasteiger charge is -2.23. The molecule has 0 saturated carbocycles. The molecule has 0 bridgehead atoms. The Hall–Kier alpha value is -1.95. The van der Waals surface area contributed by atoms with Crippen LogP contribution < -0.4 is 10.6 Å². The molecular weight excluding hydrogens is 284 g/mol. The van der Waals surface area contributed by atoms with E-state index in [0.717, 1.165) is 22.9 Å². The standard InChI is InChI=1S/C15H20N4OS/c1-5-19(11-9-7-6-8-10(11)16)14(20)12-13(15(2,3)4)17-18-21-12/h6-9H,5,16H2,1-4H3. The Kier molecular flexibility index (Phi) is 4.27. The van der Waals surface area contributed by atoms with Gasteiger partial charge in [-0.05, 0) is 30.6 Å². The summed E-state index contributed by atoms with van der Waals surface area (Å²) in [6, 6.07) is 7.37. The van der Waals surface area contributed by atoms with Crippen molar-refractivity contribution in [2.24, 2.45) is 0 Å². The molecule has 0 aliphatic heterocycles. The molecule has 0 radical (unpaired) electrons. The van der Waals surface area contributed by atoms with Gasteiger partial charge in [-0.25, -0.2) is 0 Å². The second kappa shape index (κ2) is 5.81. The maximum absolute atomic E-state index is 12.9. The second-order valence-electron chi connectivity index (χ2n) is 5.81. The fourth-order valence-corrected chi connectivity index (χ4v) is 2.93. The fraction of sp³-hybridized carbons (Fsp3) is 0.400. The number of carbonyl (C=O) groups is 1. The molecule has 5 nitrogen and oxygen atoms in total. The van der Waals surface area contributed by atoms with Gasteiger partial charge < -0.3 is 10.6 Å². The first-order valence-electron chi connectivity index (χ1n) is 6.85. The van der Waals surface area contributed by atoms with Crippen LogP contribution in [0.25, 0.3) is 0 Å². The Morgan fingerprint density at radius 3 is 2.57 bits per heavy atom. The Bertz CT molecular complexity index is 645. The Labute approximate surface area is 128 Å². The summed E-state index contributed by atoms with van der Waals surface area (Å²) in [6.07, 6.45) is 0. The number of carbonyl (C=O) groups excluding carboxylic acids is 1. The molecule has 0 saturated heterocycles. The zero-order chi connectivity index (χ0) is 15.6. The Morgan fingerprint density at radius 2 is 2.00 bits per heavy atom. The van der Waals surface area contributed by atoms with Crippen molar-refractivity contribution in [3.05, 3.63) is 34.8 Å². The number of rotatable bonds is 3. The van der Waals surface area contributed by atoms with Crippen molar-refractivity contribution in [3.8, 4) is 0 Å². The van der Waals surface area contributed by atoms with Crippen molar-refractivity contribution in [1.82, 2.24) is 9.59 Å². The summed E-state index contributed by atoms with van der Waals surface area (Å²) in [5.74, 6) is -0.102. The van der Waals surface area contributed by atoms with Gasteiger partial charge in [0.2, 0.25) is 0 Å². The number of amides is 1. The van der Waals surface area contributed by atoms with E-state index in [2.05, 4.69) is 9.59 Å². The van der Waals surface area contributed by atoms with Gasteiger partial charge in [0.15, 0.2) is 0 Å². The van der Waals surface area contributed by atoms with Crippen LogP contribution in [0.5, 0.6) is 0 Å². The van der Waals surface area contributed by atoms with E-state index in [9.17, 15) is 4.79 Å². The third kappa shape index (κ3) is 3.05. The van der Waals surface area contributed by atoms with Gasteiger partial charge >= 0.3 is 0 Å². The highest BCUT2D eigenvalue weighted by molar-refractivity contribution is 7.08. The van der Waals surface area contributed by atoms with Crippen LogP contribution in [0.3, 0.4) is 0 Å². The number of benzene rings is 1. The summed E-state index contributed by atoms with van der Waals surface area (Å²) in [5, 5.41) is 4.13. The summed E-state index contributed by atoms with van der Waals surface area (Å²) in [7, 11) is 0. The van der Waals surface area contributed by atoms with Crippen LogP contribution in [0.15, 0.2) is 24.3 Å². The molecule has 2 aromatic rings. The molecule has 21 heavy (non-hydrogen) atoms. The van der Waals surface area contributed by atoms with Gasteiger partial charge in [0, 0.05) is 12.0 Å². The van der Waals surface area contributed by atoms with Gasteiger partial charge in [-0.3, -0.25) is 4.79 Å². The van der Waals surface area contributed by atoms with Crippen LogP contribution in [0, 0.1) is 0 Å². The SMILES string of the molecule is CCN(C(=O)c1snnc1C(C)(C)C)c1ccccc1N. The van der Waals surface area contributed by atoms with Gasteiger partial charge in [-0.1, -0.05) is 37.4 Å². The molecule has 1 aromatic heterocycles. The summed E-state index contributed by atoms with van der Waals surface area (Å²) >= 11 is 1.14. The van der Waals surface area contributed by atoms with Gasteiger partial charge in [0.1, 0.15) is 4.88 Å². The first-order chi connectivity index (χ1) is 9.86. The van der Waals surface area contributed by atoms with Crippen LogP contribution in [0.4, 0.5) is 11.4 Å². The minimum Gasteiger partial charge on any atom is -0.397 e. The normalized spacial score (nSPS) is 11.4. The number of nitrogens with zero attached hydrogens (tertiary/aromatic N) is 3. The summed E-state index contributed by atoms with van der Waals surface area (Å²) in [5.41, 5.74) is 7.80. The maximum atomic E-state index is 12.9. The van der Waals surface area contributed by atoms with Crippen LogP contribution in [-0.4, -0.2) is 22.0 Å². The molecule has 0 fully saturated rings. The highest BCUT2D eigenvalue weighted by Gasteiger charge is 2.29. The lowest BCUT2D eigenvalue weighted by atomic mass is 9.91. The van der Waals surface area contributed by atoms with Crippen LogP contribution >= 0.6 is 11.5 Å². The number of para-hydroxylation sites is 2. The predicted octanol–water partition coefficient (Wildman–Crippen LogP) is 3.08. The van der Waals surface area contributed by atoms with E-state index in [1.165, 1.54) is 0 Å². The van der Waals surface area contributed by atoms with Gasteiger partial charge in [-0.2, -0.15) is 0 Å². The van der Waals surface area contributed by atoms with E-state index in [1.54, 1.807) is 11.0 Å². The zero-order valence-electron chi connectivity index (χ0n) is 12.8. The topological polar surface area (TPSA) is 72.1 Å². The summed E-state index contributed by atoms with van der Waals surface area (Å²) in [4.78, 5) is 15.1. The van der Waals surface area contributed by atoms with Crippen LogP contribution in [-0.2, 0) is 5.41 Å². The lowest BCUT2D eigenvalue weighted by Crippen LogP contribution is -2.32. The molecule has 6 heteroatoms. The quantitative estimate of drug-likeness (QED) is 0.884. The van der Waals surface area contributed by atoms with Crippen molar-refractivity contribution < 1.29 is 4.79 Å². The Morgan fingerprint density at radius 1 is 1.33 bits per heavy atom. The molecule has 0 aliphatic carbocycles. The van der Waals surface area contributed by atoms with E-state index in [-0.39, 0.29) is 11.3 Å². The number of hydrogen-bond donors (Lipinski definition) is 1. The minimum absolute atomic E-state index is 0.102. The number of nitrogen functional groups attached to an aromatic ring is 1. The Balaban J connectivity index is 2.43. The summed E-state index contributed by atoms with van der Waals surface area (Å²) in [6.45, 7) is 8.53. The highest BCUT2D eigenvalue weighted by atomic mass is 32.1. The van der Waals surface area contributed by atoms with Crippen molar-refractivity contribution in [3.63, 3.8) is 0 Å². The highest BCUT2D eigenvalue weighted by Crippen LogP contribution is 2.30. The van der Waals surface area contributed by atoms with Gasteiger partial charge in [0.05, 0.1) is 17.1 Å². The fourth-order valence-electron chi connectivity index (χ4n) is 2.10. The lowest BCUT2D eigenvalue weighted by molar-refractivity contribution is 0.0990. The largest absolute Gasteiger partial charge is 0.397 e. The maximum Gasteiger partial charge on any atom is 0.272 e. The van der Waals surface area contributed by atoms with E-state index in [4.69, 9.17) is 5.73 Å². The second-order valence-corrected chi connectivity index (χ2v) is 6.56. The van der Waals surface area contributed by atoms with E-state index < -0.39 is 0 Å². The number of nitrogens with two attached hydrogens (primary N) is 1. The molecule has 2 N–H and O–H groups in total. The van der Waals surface area contributed by atoms with E-state index in [1.807, 2.05) is 45.9 Å². The van der Waals surface area contributed by atoms with Crippen LogP contribution in [0.1, 0.15) is 43.1 Å². The van der Waals surface area contributed by atoms with Crippen molar-refractivity contribution in [2.45, 2.75) is 33.1 Å². The first-order valence-corrected chi connectivity index (χ1v) is 7.62. The molecule has 112 valence electrons. The first kappa shape index (κ1) is 15.4. The average Bonchev–Trinajstić information content (AvgIpc) is 2.90. The third-order valence-electron chi connectivity index (χ3n) is 3.18. The minimum atomic E-state index is -0.223. The van der Waals surface area contributed by atoms with Gasteiger partial charge in [-0.15, -0.1) is 5.10 Å². The van der Waals surface area contributed by atoms with Crippen molar-refractivity contribution in [2.75, 3.05) is 17.2 Å². The molecule has 0 atom stereocenters. The number of anilines is 2. The summed E-state index contributed by atoms with van der Waals surface area (Å²) < 4.78 is 3.96. The van der Waals surface area contributed by atoms with E-state index >= 15 is 0 Å². The van der Waals surface area contributed by atoms with Crippen LogP contribution in [0.2, 0.25) is 0 Å². The average molecular weight is 304 g/mol. The third-order valence-corrected chi connectivity index (χ3v) is 3.90. The predicted molar refractivity (Wildman–Crippen MR) is 86.8 cm³/mol. The zero-order valence-corrected chi connectivity index (χ0v) is 13.6. The molecule has 2 rings (SSSR count). The molecule has 0 spiro atoms. The number of hydrogen-bond acceptors (Lipinski definition) is 5. The molecule has 1 amide bonds. The molecule has 0 aliphatic rings. The van der Waals surface area contributed by atoms with Gasteiger partial charge in [0.25, 0.3) is 5.91 Å². The monoisotopic (exact) mass is 304 g/mol. The van der Waals surface area contributed by atoms with Crippen molar-refractivity contribution >= 4 is 28.8 Å². The van der Waals surface area contributed by atoms with E-state index in [0.29, 0.717) is 17.1 Å². The van der Waals surface area contributed by atoms with Crippen molar-refractivity contribution in [1.29, 1.82) is 0 Å². The number of aromatic nitrogens is 2. The molecular formula is C15H20N4OS. The molecule has 0 unspecified atom stereocenters. The smallest absolute Gasteiger partial charge is 0.272 e.